The Labute approximate surface area is 124 Å². The molecule has 1 N–H and O–H groups in total. The summed E-state index contributed by atoms with van der Waals surface area (Å²) >= 11 is 0. The number of aromatic nitrogens is 2. The second-order valence-corrected chi connectivity index (χ2v) is 4.76. The highest BCUT2D eigenvalue weighted by Crippen LogP contribution is 2.06. The minimum Gasteiger partial charge on any atom is -0.354 e. The highest BCUT2D eigenvalue weighted by molar-refractivity contribution is 5.79. The maximum absolute atomic E-state index is 13.2. The third kappa shape index (κ3) is 4.59. The van der Waals surface area contributed by atoms with Gasteiger partial charge in [-0.1, -0.05) is 12.1 Å². The van der Waals surface area contributed by atoms with E-state index < -0.39 is 0 Å². The molecule has 1 aromatic carbocycles. The van der Waals surface area contributed by atoms with Crippen LogP contribution in [0.25, 0.3) is 0 Å². The number of aliphatic imine (C=N–C) groups is 1. The van der Waals surface area contributed by atoms with E-state index >= 15 is 0 Å². The molecule has 0 aliphatic heterocycles. The number of benzene rings is 1. The normalized spacial score (nSPS) is 11.5. The zero-order valence-corrected chi connectivity index (χ0v) is 12.3. The van der Waals surface area contributed by atoms with Crippen molar-refractivity contribution in [1.82, 2.24) is 19.8 Å². The lowest BCUT2D eigenvalue weighted by Gasteiger charge is -2.22. The molecule has 1 aromatic heterocycles. The van der Waals surface area contributed by atoms with Crippen LogP contribution >= 0.6 is 0 Å². The minimum absolute atomic E-state index is 0.219. The Morgan fingerprint density at radius 3 is 3.00 bits per heavy atom. The molecule has 1 heterocycles. The van der Waals surface area contributed by atoms with Crippen molar-refractivity contribution in [1.29, 1.82) is 0 Å². The fourth-order valence-corrected chi connectivity index (χ4v) is 2.08. The van der Waals surface area contributed by atoms with Gasteiger partial charge in [-0.15, -0.1) is 0 Å². The van der Waals surface area contributed by atoms with Gasteiger partial charge in [-0.25, -0.2) is 9.37 Å². The van der Waals surface area contributed by atoms with Crippen LogP contribution in [-0.2, 0) is 13.1 Å². The van der Waals surface area contributed by atoms with Crippen LogP contribution in [0, 0.1) is 5.82 Å². The minimum atomic E-state index is -0.219. The van der Waals surface area contributed by atoms with Crippen molar-refractivity contribution in [3.8, 4) is 0 Å². The Bertz CT molecular complexity index is 580. The molecular formula is C15H20FN5. The molecule has 0 aliphatic carbocycles. The van der Waals surface area contributed by atoms with Crippen molar-refractivity contribution in [3.63, 3.8) is 0 Å². The summed E-state index contributed by atoms with van der Waals surface area (Å²) in [5.74, 6) is 0.559. The summed E-state index contributed by atoms with van der Waals surface area (Å²) in [5, 5.41) is 3.28. The molecule has 0 spiro atoms. The number of hydrogen-bond donors (Lipinski definition) is 1. The van der Waals surface area contributed by atoms with Gasteiger partial charge < -0.3 is 14.8 Å². The zero-order chi connectivity index (χ0) is 15.1. The summed E-state index contributed by atoms with van der Waals surface area (Å²) in [6.07, 6.45) is 5.45. The molecule has 2 rings (SSSR count). The molecule has 112 valence electrons. The number of nitrogens with one attached hydrogen (secondary N) is 1. The van der Waals surface area contributed by atoms with Gasteiger partial charge in [-0.3, -0.25) is 4.99 Å². The summed E-state index contributed by atoms with van der Waals surface area (Å²) in [7, 11) is 3.67. The average Bonchev–Trinajstić information content (AvgIpc) is 2.96. The van der Waals surface area contributed by atoms with Crippen LogP contribution in [0.4, 0.5) is 4.39 Å². The van der Waals surface area contributed by atoms with E-state index in [9.17, 15) is 4.39 Å². The first-order valence-corrected chi connectivity index (χ1v) is 6.81. The van der Waals surface area contributed by atoms with Crippen molar-refractivity contribution in [3.05, 3.63) is 54.4 Å². The Kier molecular flexibility index (Phi) is 5.31. The Hall–Kier alpha value is -2.37. The molecule has 0 atom stereocenters. The van der Waals surface area contributed by atoms with Crippen LogP contribution in [-0.4, -0.2) is 41.1 Å². The first kappa shape index (κ1) is 15.0. The molecule has 0 bridgehead atoms. The average molecular weight is 289 g/mol. The SMILES string of the molecule is CN=C(NCCn1ccnc1)N(C)Cc1cccc(F)c1. The molecule has 21 heavy (non-hydrogen) atoms. The molecular weight excluding hydrogens is 269 g/mol. The Balaban J connectivity index is 1.85. The summed E-state index contributed by atoms with van der Waals surface area (Å²) < 4.78 is 15.2. The maximum Gasteiger partial charge on any atom is 0.193 e. The number of guanidine groups is 1. The van der Waals surface area contributed by atoms with E-state index in [4.69, 9.17) is 0 Å². The van der Waals surface area contributed by atoms with Gasteiger partial charge >= 0.3 is 0 Å². The van der Waals surface area contributed by atoms with Gasteiger partial charge in [0, 0.05) is 46.1 Å². The second-order valence-electron chi connectivity index (χ2n) is 4.76. The fourth-order valence-electron chi connectivity index (χ4n) is 2.08. The molecule has 0 unspecified atom stereocenters. The van der Waals surface area contributed by atoms with Gasteiger partial charge in [0.2, 0.25) is 0 Å². The van der Waals surface area contributed by atoms with Gasteiger partial charge in [-0.05, 0) is 17.7 Å². The molecule has 0 fully saturated rings. The summed E-state index contributed by atoms with van der Waals surface area (Å²) in [6.45, 7) is 2.16. The smallest absolute Gasteiger partial charge is 0.193 e. The van der Waals surface area contributed by atoms with E-state index in [0.29, 0.717) is 6.54 Å². The van der Waals surface area contributed by atoms with E-state index in [1.807, 2.05) is 28.8 Å². The van der Waals surface area contributed by atoms with Gasteiger partial charge in [0.25, 0.3) is 0 Å². The second kappa shape index (κ2) is 7.42. The Morgan fingerprint density at radius 2 is 2.33 bits per heavy atom. The van der Waals surface area contributed by atoms with Gasteiger partial charge in [0.1, 0.15) is 5.82 Å². The number of halogens is 1. The third-order valence-electron chi connectivity index (χ3n) is 3.09. The summed E-state index contributed by atoms with van der Waals surface area (Å²) in [6, 6.07) is 6.60. The van der Waals surface area contributed by atoms with Crippen LogP contribution in [0.15, 0.2) is 48.0 Å². The lowest BCUT2D eigenvalue weighted by molar-refractivity contribution is 0.471. The van der Waals surface area contributed by atoms with E-state index in [1.165, 1.54) is 12.1 Å². The summed E-state index contributed by atoms with van der Waals surface area (Å²) in [4.78, 5) is 10.2. The van der Waals surface area contributed by atoms with Gasteiger partial charge in [0.05, 0.1) is 6.33 Å². The topological polar surface area (TPSA) is 45.5 Å². The number of rotatable bonds is 5. The van der Waals surface area contributed by atoms with Crippen LogP contribution in [0.5, 0.6) is 0 Å². The van der Waals surface area contributed by atoms with Crippen LogP contribution in [0.1, 0.15) is 5.56 Å². The maximum atomic E-state index is 13.2. The molecule has 0 saturated carbocycles. The molecule has 5 nitrogen and oxygen atoms in total. The predicted octanol–water partition coefficient (Wildman–Crippen LogP) is 1.73. The summed E-state index contributed by atoms with van der Waals surface area (Å²) in [5.41, 5.74) is 0.912. The van der Waals surface area contributed by atoms with E-state index in [-0.39, 0.29) is 5.82 Å². The monoisotopic (exact) mass is 289 g/mol. The van der Waals surface area contributed by atoms with E-state index in [0.717, 1.165) is 24.6 Å². The van der Waals surface area contributed by atoms with Crippen LogP contribution in [0.3, 0.4) is 0 Å². The van der Waals surface area contributed by atoms with Gasteiger partial charge in [-0.2, -0.15) is 0 Å². The largest absolute Gasteiger partial charge is 0.354 e. The predicted molar refractivity (Wildman–Crippen MR) is 81.5 cm³/mol. The first-order valence-electron chi connectivity index (χ1n) is 6.81. The third-order valence-corrected chi connectivity index (χ3v) is 3.09. The molecule has 0 aliphatic rings. The lowest BCUT2D eigenvalue weighted by Crippen LogP contribution is -2.39. The van der Waals surface area contributed by atoms with Crippen molar-refractivity contribution in [2.75, 3.05) is 20.6 Å². The fraction of sp³-hybridized carbons (Fsp3) is 0.333. The number of hydrogen-bond acceptors (Lipinski definition) is 2. The van der Waals surface area contributed by atoms with Crippen molar-refractivity contribution < 1.29 is 4.39 Å². The van der Waals surface area contributed by atoms with Crippen molar-refractivity contribution >= 4 is 5.96 Å². The first-order chi connectivity index (χ1) is 10.2. The van der Waals surface area contributed by atoms with Crippen molar-refractivity contribution in [2.24, 2.45) is 4.99 Å². The molecule has 6 heteroatoms. The molecule has 2 aromatic rings. The van der Waals surface area contributed by atoms with E-state index in [1.54, 1.807) is 25.6 Å². The molecule has 0 radical (unpaired) electrons. The van der Waals surface area contributed by atoms with E-state index in [2.05, 4.69) is 15.3 Å². The quantitative estimate of drug-likeness (QED) is 0.673. The zero-order valence-electron chi connectivity index (χ0n) is 12.3. The highest BCUT2D eigenvalue weighted by atomic mass is 19.1. The van der Waals surface area contributed by atoms with Crippen molar-refractivity contribution in [2.45, 2.75) is 13.1 Å². The standard InChI is InChI=1S/C15H20FN5/c1-17-15(19-7-9-21-8-6-18-12-21)20(2)11-13-4-3-5-14(16)10-13/h3-6,8,10,12H,7,9,11H2,1-2H3,(H,17,19). The van der Waals surface area contributed by atoms with Crippen LogP contribution < -0.4 is 5.32 Å². The van der Waals surface area contributed by atoms with Crippen LogP contribution in [0.2, 0.25) is 0 Å². The highest BCUT2D eigenvalue weighted by Gasteiger charge is 2.06. The lowest BCUT2D eigenvalue weighted by atomic mass is 10.2. The molecule has 0 saturated heterocycles. The molecule has 0 amide bonds. The number of nitrogens with zero attached hydrogens (tertiary/aromatic N) is 4. The number of imidazole rings is 1. The van der Waals surface area contributed by atoms with Gasteiger partial charge in [0.15, 0.2) is 5.96 Å². The Morgan fingerprint density at radius 1 is 1.48 bits per heavy atom.